The standard InChI is InChI=1S/C18H40N8/c1-17(23-15-25(3)4)11-19-7-9-21-13-18(2,24-16-26(5)6)14-22-10-8-20-12-17/h15-16,19-22H,7-14H2,1-6H3. The van der Waals surface area contributed by atoms with E-state index in [2.05, 4.69) is 35.1 Å². The van der Waals surface area contributed by atoms with E-state index in [1.165, 1.54) is 0 Å². The third-order valence-corrected chi connectivity index (χ3v) is 4.18. The van der Waals surface area contributed by atoms with Gasteiger partial charge in [-0.1, -0.05) is 0 Å². The van der Waals surface area contributed by atoms with E-state index in [0.717, 1.165) is 52.4 Å². The molecule has 0 aromatic carbocycles. The normalized spacial score (nSPS) is 30.4. The number of rotatable bonds is 4. The minimum absolute atomic E-state index is 0.154. The van der Waals surface area contributed by atoms with Crippen LogP contribution < -0.4 is 21.3 Å². The highest BCUT2D eigenvalue weighted by Gasteiger charge is 2.24. The SMILES string of the molecule is CN(C)C=NC1(C)CNCCNCC(C)(N=CN(C)C)CNCCNC1. The fourth-order valence-corrected chi connectivity index (χ4v) is 2.60. The van der Waals surface area contributed by atoms with E-state index in [-0.39, 0.29) is 11.1 Å². The lowest BCUT2D eigenvalue weighted by Gasteiger charge is -2.29. The molecule has 0 radical (unpaired) electrons. The number of nitrogens with zero attached hydrogens (tertiary/aromatic N) is 4. The number of hydrogen-bond donors (Lipinski definition) is 4. The van der Waals surface area contributed by atoms with Gasteiger partial charge in [-0.25, -0.2) is 0 Å². The first-order valence-corrected chi connectivity index (χ1v) is 9.51. The zero-order valence-corrected chi connectivity index (χ0v) is 17.6. The Morgan fingerprint density at radius 1 is 0.615 bits per heavy atom. The van der Waals surface area contributed by atoms with Gasteiger partial charge in [0, 0.05) is 80.5 Å². The number of aliphatic imine (C=N–C) groups is 2. The van der Waals surface area contributed by atoms with Crippen LogP contribution in [0.2, 0.25) is 0 Å². The third kappa shape index (κ3) is 10.1. The van der Waals surface area contributed by atoms with Crippen LogP contribution in [0.3, 0.4) is 0 Å². The highest BCUT2D eigenvalue weighted by atomic mass is 15.1. The number of nitrogens with one attached hydrogen (secondary N) is 4. The molecule has 0 atom stereocenters. The fourth-order valence-electron chi connectivity index (χ4n) is 2.60. The summed E-state index contributed by atoms with van der Waals surface area (Å²) in [5.41, 5.74) is -0.308. The van der Waals surface area contributed by atoms with E-state index in [0.29, 0.717) is 0 Å². The van der Waals surface area contributed by atoms with Crippen LogP contribution in [-0.4, -0.2) is 114 Å². The molecule has 1 aliphatic heterocycles. The summed E-state index contributed by atoms with van der Waals surface area (Å²) >= 11 is 0. The van der Waals surface area contributed by atoms with Crippen molar-refractivity contribution in [2.75, 3.05) is 80.5 Å². The van der Waals surface area contributed by atoms with Crippen LogP contribution in [0, 0.1) is 0 Å². The van der Waals surface area contributed by atoms with Crippen LogP contribution in [0.1, 0.15) is 13.8 Å². The minimum atomic E-state index is -0.154. The van der Waals surface area contributed by atoms with E-state index in [9.17, 15) is 0 Å². The smallest absolute Gasteiger partial charge is 0.0852 e. The minimum Gasteiger partial charge on any atom is -0.369 e. The highest BCUT2D eigenvalue weighted by molar-refractivity contribution is 5.55. The molecule has 0 saturated carbocycles. The Labute approximate surface area is 159 Å². The Balaban J connectivity index is 2.63. The second-order valence-electron chi connectivity index (χ2n) is 8.12. The van der Waals surface area contributed by atoms with Crippen molar-refractivity contribution in [1.82, 2.24) is 31.1 Å². The van der Waals surface area contributed by atoms with Crippen molar-refractivity contribution in [3.63, 3.8) is 0 Å². The van der Waals surface area contributed by atoms with Gasteiger partial charge in [0.25, 0.3) is 0 Å². The molecule has 1 rings (SSSR count). The van der Waals surface area contributed by atoms with Gasteiger partial charge >= 0.3 is 0 Å². The monoisotopic (exact) mass is 368 g/mol. The van der Waals surface area contributed by atoms with E-state index < -0.39 is 0 Å². The number of hydrogen-bond acceptors (Lipinski definition) is 6. The van der Waals surface area contributed by atoms with E-state index >= 15 is 0 Å². The zero-order chi connectivity index (χ0) is 19.5. The van der Waals surface area contributed by atoms with Gasteiger partial charge in [-0.15, -0.1) is 0 Å². The lowest BCUT2D eigenvalue weighted by atomic mass is 10.0. The first-order valence-electron chi connectivity index (χ1n) is 9.51. The first kappa shape index (κ1) is 22.8. The Kier molecular flexibility index (Phi) is 10.1. The maximum Gasteiger partial charge on any atom is 0.0852 e. The molecule has 26 heavy (non-hydrogen) atoms. The molecule has 0 aliphatic carbocycles. The largest absolute Gasteiger partial charge is 0.369 e. The molecule has 0 bridgehead atoms. The van der Waals surface area contributed by atoms with Gasteiger partial charge in [0.05, 0.1) is 23.8 Å². The second kappa shape index (κ2) is 11.5. The summed E-state index contributed by atoms with van der Waals surface area (Å²) in [4.78, 5) is 13.5. The van der Waals surface area contributed by atoms with E-state index in [1.807, 2.05) is 50.7 Å². The van der Waals surface area contributed by atoms with Crippen molar-refractivity contribution < 1.29 is 0 Å². The maximum atomic E-state index is 4.76. The molecule has 8 heteroatoms. The molecule has 1 saturated heterocycles. The molecule has 8 nitrogen and oxygen atoms in total. The average Bonchev–Trinajstić information content (AvgIpc) is 2.57. The third-order valence-electron chi connectivity index (χ3n) is 4.18. The van der Waals surface area contributed by atoms with Crippen LogP contribution in [0.4, 0.5) is 0 Å². The average molecular weight is 369 g/mol. The Morgan fingerprint density at radius 2 is 0.885 bits per heavy atom. The summed E-state index contributed by atoms with van der Waals surface area (Å²) in [7, 11) is 8.00. The van der Waals surface area contributed by atoms with Crippen molar-refractivity contribution in [1.29, 1.82) is 0 Å². The molecule has 1 aliphatic rings. The molecule has 152 valence electrons. The predicted molar refractivity (Wildman–Crippen MR) is 113 cm³/mol. The van der Waals surface area contributed by atoms with Gasteiger partial charge in [-0.05, 0) is 13.8 Å². The summed E-state index contributed by atoms with van der Waals surface area (Å²) in [5.74, 6) is 0. The molecule has 0 aromatic rings. The molecule has 0 unspecified atom stereocenters. The molecule has 0 spiro atoms. The topological polar surface area (TPSA) is 79.3 Å². The summed E-state index contributed by atoms with van der Waals surface area (Å²) in [5, 5.41) is 14.1. The fraction of sp³-hybridized carbons (Fsp3) is 0.889. The van der Waals surface area contributed by atoms with Crippen molar-refractivity contribution in [2.24, 2.45) is 9.98 Å². The second-order valence-corrected chi connectivity index (χ2v) is 8.12. The van der Waals surface area contributed by atoms with Crippen molar-refractivity contribution in [3.05, 3.63) is 0 Å². The zero-order valence-electron chi connectivity index (χ0n) is 17.6. The Morgan fingerprint density at radius 3 is 1.12 bits per heavy atom. The quantitative estimate of drug-likeness (QED) is 0.379. The molecule has 4 N–H and O–H groups in total. The van der Waals surface area contributed by atoms with Gasteiger partial charge in [0.15, 0.2) is 0 Å². The van der Waals surface area contributed by atoms with Crippen molar-refractivity contribution >= 4 is 12.7 Å². The summed E-state index contributed by atoms with van der Waals surface area (Å²) in [6.45, 7) is 11.4. The summed E-state index contributed by atoms with van der Waals surface area (Å²) in [6.07, 6.45) is 3.80. The van der Waals surface area contributed by atoms with Crippen LogP contribution in [-0.2, 0) is 0 Å². The molecule has 1 fully saturated rings. The molecular weight excluding hydrogens is 328 g/mol. The van der Waals surface area contributed by atoms with Crippen LogP contribution in [0.15, 0.2) is 9.98 Å². The molecule has 0 amide bonds. The summed E-state index contributed by atoms with van der Waals surface area (Å²) < 4.78 is 0. The van der Waals surface area contributed by atoms with E-state index in [4.69, 9.17) is 9.98 Å². The molecule has 0 aromatic heterocycles. The van der Waals surface area contributed by atoms with Crippen molar-refractivity contribution in [3.8, 4) is 0 Å². The first-order chi connectivity index (χ1) is 12.2. The van der Waals surface area contributed by atoms with Crippen molar-refractivity contribution in [2.45, 2.75) is 24.9 Å². The highest BCUT2D eigenvalue weighted by Crippen LogP contribution is 2.09. The van der Waals surface area contributed by atoms with Gasteiger partial charge in [0.2, 0.25) is 0 Å². The molecule has 1 heterocycles. The maximum absolute atomic E-state index is 4.76. The van der Waals surface area contributed by atoms with Crippen LogP contribution >= 0.6 is 0 Å². The lowest BCUT2D eigenvalue weighted by Crippen LogP contribution is -2.51. The van der Waals surface area contributed by atoms with Crippen LogP contribution in [0.25, 0.3) is 0 Å². The summed E-state index contributed by atoms with van der Waals surface area (Å²) in [6, 6.07) is 0. The van der Waals surface area contributed by atoms with Crippen LogP contribution in [0.5, 0.6) is 0 Å². The van der Waals surface area contributed by atoms with Gasteiger partial charge in [0.1, 0.15) is 0 Å². The molecular formula is C18H40N8. The van der Waals surface area contributed by atoms with Gasteiger partial charge in [-0.3, -0.25) is 9.98 Å². The Hall–Kier alpha value is -1.22. The van der Waals surface area contributed by atoms with Gasteiger partial charge in [-0.2, -0.15) is 0 Å². The lowest BCUT2D eigenvalue weighted by molar-refractivity contribution is 0.369. The van der Waals surface area contributed by atoms with Gasteiger partial charge < -0.3 is 31.1 Å². The Bertz CT molecular complexity index is 377. The van der Waals surface area contributed by atoms with E-state index in [1.54, 1.807) is 0 Å². The predicted octanol–water partition coefficient (Wildman–Crippen LogP) is -0.944.